The molecule has 9 N–H and O–H groups in total. The molecule has 0 saturated carbocycles. The van der Waals surface area contributed by atoms with Gasteiger partial charge in [0.05, 0.1) is 32.0 Å². The highest BCUT2D eigenvalue weighted by Crippen LogP contribution is 2.30. The molecule has 12 unspecified atom stereocenters. The summed E-state index contributed by atoms with van der Waals surface area (Å²) in [5, 5.41) is 86.6. The number of hydrogen-bond acceptors (Lipinski definition) is 13. The van der Waals surface area contributed by atoms with E-state index in [2.05, 4.69) is 43.5 Å². The Morgan fingerprint density at radius 3 is 1.53 bits per heavy atom. The quantitative estimate of drug-likeness (QED) is 0.0244. The molecule has 2 aliphatic rings. The van der Waals surface area contributed by atoms with Crippen LogP contribution in [0.25, 0.3) is 0 Å². The molecule has 0 aliphatic carbocycles. The molecule has 2 saturated heterocycles. The summed E-state index contributed by atoms with van der Waals surface area (Å²) in [6, 6.07) is -0.933. The van der Waals surface area contributed by atoms with Crippen molar-refractivity contribution in [1.29, 1.82) is 0 Å². The fourth-order valence-electron chi connectivity index (χ4n) is 8.12. The zero-order valence-corrected chi connectivity index (χ0v) is 39.5. The van der Waals surface area contributed by atoms with E-state index in [-0.39, 0.29) is 18.9 Å². The number of carbonyl (C=O) groups is 1. The van der Waals surface area contributed by atoms with E-state index in [0.29, 0.717) is 12.8 Å². The normalized spacial score (nSPS) is 27.5. The Kier molecular flexibility index (Phi) is 33.9. The molecule has 0 aromatic heterocycles. The summed E-state index contributed by atoms with van der Waals surface area (Å²) in [6.45, 7) is 2.74. The van der Waals surface area contributed by atoms with Gasteiger partial charge in [0.1, 0.15) is 48.8 Å². The van der Waals surface area contributed by atoms with Crippen LogP contribution in [-0.2, 0) is 23.7 Å². The smallest absolute Gasteiger partial charge is 0.220 e. The summed E-state index contributed by atoms with van der Waals surface area (Å²) in [5.41, 5.74) is 0. The maximum atomic E-state index is 13.1. The van der Waals surface area contributed by atoms with Crippen molar-refractivity contribution >= 4 is 5.91 Å². The summed E-state index contributed by atoms with van der Waals surface area (Å²) in [6.07, 6.45) is 24.7. The average Bonchev–Trinajstić information content (AvgIpc) is 3.29. The highest BCUT2D eigenvalue weighted by atomic mass is 16.7. The van der Waals surface area contributed by atoms with Crippen molar-refractivity contribution in [3.05, 3.63) is 36.5 Å². The van der Waals surface area contributed by atoms with Crippen LogP contribution in [0.15, 0.2) is 36.5 Å². The van der Waals surface area contributed by atoms with Gasteiger partial charge in [-0.25, -0.2) is 0 Å². The number of carbonyl (C=O) groups excluding carboxylic acids is 1. The standard InChI is InChI=1S/C50H91NO13/c1-3-5-7-9-11-13-15-17-19-21-23-25-27-29-31-33-39(54)38(51-42(55)34-32-30-28-26-24-22-20-18-16-14-12-10-8-6-4-2)37-61-49-47(60)45(58)48(41(36-53)63-49)64-50-46(59)44(57)43(56)40(35-52)62-50/h18,20,23,25,31,33,38-41,43-50,52-54,56-60H,3-17,19,21-22,24,26-30,32,34-37H2,1-2H3,(H,51,55)/b20-18-,25-23+,33-31+. The first kappa shape index (κ1) is 58.3. The van der Waals surface area contributed by atoms with E-state index in [1.807, 2.05) is 6.08 Å². The van der Waals surface area contributed by atoms with E-state index >= 15 is 0 Å². The number of aliphatic hydroxyl groups excluding tert-OH is 8. The predicted molar refractivity (Wildman–Crippen MR) is 249 cm³/mol. The van der Waals surface area contributed by atoms with Crippen LogP contribution >= 0.6 is 0 Å². The third-order valence-corrected chi connectivity index (χ3v) is 12.3. The third-order valence-electron chi connectivity index (χ3n) is 12.3. The summed E-state index contributed by atoms with van der Waals surface area (Å²) in [5.74, 6) is -0.260. The van der Waals surface area contributed by atoms with Crippen molar-refractivity contribution in [2.75, 3.05) is 19.8 Å². The van der Waals surface area contributed by atoms with Crippen molar-refractivity contribution in [2.24, 2.45) is 0 Å². The molecule has 0 aromatic carbocycles. The van der Waals surface area contributed by atoms with Gasteiger partial charge >= 0.3 is 0 Å². The first-order valence-electron chi connectivity index (χ1n) is 25.2. The molecule has 2 aliphatic heterocycles. The molecule has 0 aromatic rings. The molecule has 12 atom stereocenters. The molecule has 1 amide bonds. The number of allylic oxidation sites excluding steroid dienone is 5. The zero-order chi connectivity index (χ0) is 46.8. The van der Waals surface area contributed by atoms with Gasteiger partial charge in [0.25, 0.3) is 0 Å². The molecule has 2 fully saturated rings. The number of aliphatic hydroxyl groups is 8. The van der Waals surface area contributed by atoms with Gasteiger partial charge in [-0.05, 0) is 57.8 Å². The highest BCUT2D eigenvalue weighted by molar-refractivity contribution is 5.76. The van der Waals surface area contributed by atoms with Crippen molar-refractivity contribution in [3.8, 4) is 0 Å². The number of rotatable bonds is 38. The Labute approximate surface area is 385 Å². The number of amides is 1. The van der Waals surface area contributed by atoms with Crippen molar-refractivity contribution in [1.82, 2.24) is 5.32 Å². The Morgan fingerprint density at radius 1 is 0.547 bits per heavy atom. The number of unbranched alkanes of at least 4 members (excludes halogenated alkanes) is 21. The van der Waals surface area contributed by atoms with Gasteiger partial charge < -0.3 is 65.1 Å². The lowest BCUT2D eigenvalue weighted by atomic mass is 9.97. The van der Waals surface area contributed by atoms with Crippen molar-refractivity contribution in [2.45, 2.75) is 254 Å². The van der Waals surface area contributed by atoms with Crippen LogP contribution in [0, 0.1) is 0 Å². The van der Waals surface area contributed by atoms with Crippen LogP contribution in [0.4, 0.5) is 0 Å². The Hall–Kier alpha value is -1.79. The highest BCUT2D eigenvalue weighted by Gasteiger charge is 2.51. The Bertz CT molecular complexity index is 1220. The number of nitrogens with one attached hydrogen (secondary N) is 1. The second kappa shape index (κ2) is 37.2. The van der Waals surface area contributed by atoms with Gasteiger partial charge in [-0.1, -0.05) is 153 Å². The van der Waals surface area contributed by atoms with Crippen LogP contribution in [0.1, 0.15) is 181 Å². The van der Waals surface area contributed by atoms with Crippen LogP contribution in [0.5, 0.6) is 0 Å². The van der Waals surface area contributed by atoms with E-state index in [1.165, 1.54) is 96.3 Å². The number of hydrogen-bond donors (Lipinski definition) is 9. The SMILES string of the molecule is CCCCCCCC/C=C\CCCCCCCC(=O)NC(COC1OC(CO)C(OC2OC(CO)C(O)C(O)C2O)C(O)C1O)C(O)/C=C/CC/C=C/CCCCCCCCCCC. The minimum atomic E-state index is -1.79. The van der Waals surface area contributed by atoms with Gasteiger partial charge in [-0.3, -0.25) is 4.79 Å². The Balaban J connectivity index is 1.88. The summed E-state index contributed by atoms with van der Waals surface area (Å²) in [4.78, 5) is 13.1. The van der Waals surface area contributed by atoms with E-state index in [0.717, 1.165) is 51.4 Å². The largest absolute Gasteiger partial charge is 0.394 e. The van der Waals surface area contributed by atoms with Crippen LogP contribution in [0.2, 0.25) is 0 Å². The summed E-state index contributed by atoms with van der Waals surface area (Å²) >= 11 is 0. The second-order valence-electron chi connectivity index (χ2n) is 17.9. The maximum absolute atomic E-state index is 13.1. The fraction of sp³-hybridized carbons (Fsp3) is 0.860. The van der Waals surface area contributed by atoms with Crippen molar-refractivity contribution < 1.29 is 64.6 Å². The lowest BCUT2D eigenvalue weighted by Crippen LogP contribution is -2.65. The Morgan fingerprint density at radius 2 is 1.00 bits per heavy atom. The molecule has 0 radical (unpaired) electrons. The topological polar surface area (TPSA) is 228 Å². The predicted octanol–water partition coefficient (Wildman–Crippen LogP) is 6.32. The van der Waals surface area contributed by atoms with Crippen LogP contribution in [-0.4, -0.2) is 140 Å². The first-order chi connectivity index (χ1) is 31.1. The molecular formula is C50H91NO13. The first-order valence-corrected chi connectivity index (χ1v) is 25.2. The fourth-order valence-corrected chi connectivity index (χ4v) is 8.12. The van der Waals surface area contributed by atoms with Gasteiger partial charge in [-0.2, -0.15) is 0 Å². The molecule has 14 nitrogen and oxygen atoms in total. The van der Waals surface area contributed by atoms with E-state index < -0.39 is 86.8 Å². The molecular weight excluding hydrogens is 823 g/mol. The minimum Gasteiger partial charge on any atom is -0.394 e. The maximum Gasteiger partial charge on any atom is 0.220 e. The molecule has 64 heavy (non-hydrogen) atoms. The molecule has 14 heteroatoms. The lowest BCUT2D eigenvalue weighted by Gasteiger charge is -2.46. The van der Waals surface area contributed by atoms with E-state index in [4.69, 9.17) is 18.9 Å². The van der Waals surface area contributed by atoms with E-state index in [9.17, 15) is 45.6 Å². The van der Waals surface area contributed by atoms with Crippen LogP contribution < -0.4 is 5.32 Å². The molecule has 2 heterocycles. The lowest BCUT2D eigenvalue weighted by molar-refractivity contribution is -0.359. The third kappa shape index (κ3) is 24.3. The molecule has 0 bridgehead atoms. The van der Waals surface area contributed by atoms with E-state index in [1.54, 1.807) is 6.08 Å². The summed E-state index contributed by atoms with van der Waals surface area (Å²) in [7, 11) is 0. The van der Waals surface area contributed by atoms with Gasteiger partial charge in [0.2, 0.25) is 5.91 Å². The second-order valence-corrected chi connectivity index (χ2v) is 17.9. The number of ether oxygens (including phenoxy) is 4. The molecule has 2 rings (SSSR count). The zero-order valence-electron chi connectivity index (χ0n) is 39.5. The minimum absolute atomic E-state index is 0.260. The van der Waals surface area contributed by atoms with Gasteiger partial charge in [-0.15, -0.1) is 0 Å². The summed E-state index contributed by atoms with van der Waals surface area (Å²) < 4.78 is 22.7. The van der Waals surface area contributed by atoms with Gasteiger partial charge in [0.15, 0.2) is 12.6 Å². The van der Waals surface area contributed by atoms with Crippen LogP contribution in [0.3, 0.4) is 0 Å². The average molecular weight is 914 g/mol. The van der Waals surface area contributed by atoms with Gasteiger partial charge in [0, 0.05) is 6.42 Å². The van der Waals surface area contributed by atoms with Crippen molar-refractivity contribution in [3.63, 3.8) is 0 Å². The molecule has 374 valence electrons. The monoisotopic (exact) mass is 914 g/mol. The molecule has 0 spiro atoms.